The summed E-state index contributed by atoms with van der Waals surface area (Å²) in [5, 5.41) is 11.8. The molecule has 0 bridgehead atoms. The van der Waals surface area contributed by atoms with Crippen molar-refractivity contribution in [1.29, 1.82) is 0 Å². The van der Waals surface area contributed by atoms with Crippen LogP contribution in [0.5, 0.6) is 0 Å². The fourth-order valence-electron chi connectivity index (χ4n) is 1.59. The Bertz CT molecular complexity index is 389. The topological polar surface area (TPSA) is 78.4 Å². The van der Waals surface area contributed by atoms with Gasteiger partial charge in [0, 0.05) is 19.1 Å². The average Bonchev–Trinajstić information content (AvgIpc) is 3.13. The molecule has 2 N–H and O–H groups in total. The lowest BCUT2D eigenvalue weighted by Gasteiger charge is -2.15. The molecule has 1 aliphatic rings. The SMILES string of the molecule is CN(CCNc1cnc(C(=O)O)cn1)C1CC1. The number of anilines is 1. The predicted molar refractivity (Wildman–Crippen MR) is 63.1 cm³/mol. The van der Waals surface area contributed by atoms with Crippen LogP contribution in [-0.2, 0) is 0 Å². The van der Waals surface area contributed by atoms with Crippen molar-refractivity contribution in [1.82, 2.24) is 14.9 Å². The van der Waals surface area contributed by atoms with Crippen LogP contribution in [0.15, 0.2) is 12.4 Å². The Morgan fingerprint density at radius 3 is 2.82 bits per heavy atom. The number of aromatic nitrogens is 2. The Balaban J connectivity index is 1.76. The Hall–Kier alpha value is -1.69. The van der Waals surface area contributed by atoms with Gasteiger partial charge in [0.25, 0.3) is 0 Å². The first-order valence-electron chi connectivity index (χ1n) is 5.66. The van der Waals surface area contributed by atoms with Gasteiger partial charge in [-0.15, -0.1) is 0 Å². The van der Waals surface area contributed by atoms with Gasteiger partial charge in [-0.05, 0) is 19.9 Å². The lowest BCUT2D eigenvalue weighted by molar-refractivity contribution is 0.0690. The first-order valence-corrected chi connectivity index (χ1v) is 5.66. The molecule has 0 unspecified atom stereocenters. The number of hydrogen-bond donors (Lipinski definition) is 2. The maximum Gasteiger partial charge on any atom is 0.356 e. The van der Waals surface area contributed by atoms with Crippen LogP contribution in [0.2, 0.25) is 0 Å². The van der Waals surface area contributed by atoms with Crippen molar-refractivity contribution in [3.63, 3.8) is 0 Å². The lowest BCUT2D eigenvalue weighted by Crippen LogP contribution is -2.27. The summed E-state index contributed by atoms with van der Waals surface area (Å²) in [4.78, 5) is 20.6. The third-order valence-corrected chi connectivity index (χ3v) is 2.81. The molecule has 0 radical (unpaired) electrons. The van der Waals surface area contributed by atoms with Crippen LogP contribution in [0.1, 0.15) is 23.3 Å². The van der Waals surface area contributed by atoms with Crippen LogP contribution in [0.3, 0.4) is 0 Å². The highest BCUT2D eigenvalue weighted by molar-refractivity contribution is 5.84. The molecule has 17 heavy (non-hydrogen) atoms. The molecular formula is C11H16N4O2. The summed E-state index contributed by atoms with van der Waals surface area (Å²) in [5.74, 6) is -0.447. The standard InChI is InChI=1S/C11H16N4O2/c1-15(8-2-3-8)5-4-12-10-7-13-9(6-14-10)11(16)17/h6-8H,2-5H2,1H3,(H,12,14)(H,16,17). The molecule has 0 aliphatic heterocycles. The smallest absolute Gasteiger partial charge is 0.356 e. The molecule has 6 heteroatoms. The van der Waals surface area contributed by atoms with Gasteiger partial charge >= 0.3 is 5.97 Å². The molecule has 6 nitrogen and oxygen atoms in total. The summed E-state index contributed by atoms with van der Waals surface area (Å²) in [6, 6.07) is 0.747. The third-order valence-electron chi connectivity index (χ3n) is 2.81. The fraction of sp³-hybridized carbons (Fsp3) is 0.545. The van der Waals surface area contributed by atoms with Crippen molar-refractivity contribution in [2.75, 3.05) is 25.5 Å². The summed E-state index contributed by atoms with van der Waals surface area (Å²) in [7, 11) is 2.11. The molecule has 92 valence electrons. The summed E-state index contributed by atoms with van der Waals surface area (Å²) in [6.45, 7) is 1.74. The molecule has 1 saturated carbocycles. The summed E-state index contributed by atoms with van der Waals surface area (Å²) in [5.41, 5.74) is -0.0364. The van der Waals surface area contributed by atoms with Gasteiger partial charge in [-0.3, -0.25) is 0 Å². The van der Waals surface area contributed by atoms with E-state index in [2.05, 4.69) is 27.2 Å². The van der Waals surface area contributed by atoms with Gasteiger partial charge in [-0.1, -0.05) is 0 Å². The van der Waals surface area contributed by atoms with Gasteiger partial charge in [0.1, 0.15) is 5.82 Å². The molecule has 0 amide bonds. The van der Waals surface area contributed by atoms with E-state index in [-0.39, 0.29) is 5.69 Å². The lowest BCUT2D eigenvalue weighted by atomic mass is 10.4. The van der Waals surface area contributed by atoms with Crippen molar-refractivity contribution in [2.24, 2.45) is 0 Å². The van der Waals surface area contributed by atoms with Crippen LogP contribution in [0.25, 0.3) is 0 Å². The van der Waals surface area contributed by atoms with Crippen molar-refractivity contribution >= 4 is 11.8 Å². The minimum absolute atomic E-state index is 0.0364. The van der Waals surface area contributed by atoms with E-state index in [1.54, 1.807) is 0 Å². The number of carboxylic acid groups (broad SMARTS) is 1. The van der Waals surface area contributed by atoms with Crippen molar-refractivity contribution in [3.8, 4) is 0 Å². The Morgan fingerprint density at radius 1 is 1.53 bits per heavy atom. The monoisotopic (exact) mass is 236 g/mol. The first-order chi connectivity index (χ1) is 8.16. The van der Waals surface area contributed by atoms with Gasteiger partial charge in [0.15, 0.2) is 5.69 Å². The van der Waals surface area contributed by atoms with E-state index in [1.807, 2.05) is 0 Å². The average molecular weight is 236 g/mol. The number of hydrogen-bond acceptors (Lipinski definition) is 5. The van der Waals surface area contributed by atoms with E-state index in [9.17, 15) is 4.79 Å². The number of aromatic carboxylic acids is 1. The molecule has 1 aromatic rings. The van der Waals surface area contributed by atoms with Gasteiger partial charge in [0.2, 0.25) is 0 Å². The Morgan fingerprint density at radius 2 is 2.29 bits per heavy atom. The number of nitrogens with one attached hydrogen (secondary N) is 1. The summed E-state index contributed by atoms with van der Waals surface area (Å²) >= 11 is 0. The highest BCUT2D eigenvalue weighted by atomic mass is 16.4. The normalized spacial score (nSPS) is 14.9. The van der Waals surface area contributed by atoms with Crippen LogP contribution >= 0.6 is 0 Å². The number of nitrogens with zero attached hydrogens (tertiary/aromatic N) is 3. The molecule has 1 fully saturated rings. The zero-order chi connectivity index (χ0) is 12.3. The zero-order valence-electron chi connectivity index (χ0n) is 9.76. The molecule has 0 saturated heterocycles. The van der Waals surface area contributed by atoms with E-state index in [0.29, 0.717) is 5.82 Å². The molecule has 2 rings (SSSR count). The van der Waals surface area contributed by atoms with E-state index < -0.39 is 5.97 Å². The van der Waals surface area contributed by atoms with E-state index >= 15 is 0 Å². The second kappa shape index (κ2) is 5.09. The predicted octanol–water partition coefficient (Wildman–Crippen LogP) is 0.681. The van der Waals surface area contributed by atoms with Gasteiger partial charge < -0.3 is 15.3 Å². The van der Waals surface area contributed by atoms with Crippen molar-refractivity contribution < 1.29 is 9.90 Å². The number of likely N-dealkylation sites (N-methyl/N-ethyl adjacent to an activating group) is 1. The number of rotatable bonds is 6. The van der Waals surface area contributed by atoms with Crippen LogP contribution in [0.4, 0.5) is 5.82 Å². The van der Waals surface area contributed by atoms with Crippen LogP contribution in [0, 0.1) is 0 Å². The maximum atomic E-state index is 10.6. The van der Waals surface area contributed by atoms with Gasteiger partial charge in [-0.2, -0.15) is 0 Å². The zero-order valence-corrected chi connectivity index (χ0v) is 9.76. The van der Waals surface area contributed by atoms with E-state index in [0.717, 1.165) is 19.1 Å². The van der Waals surface area contributed by atoms with E-state index in [4.69, 9.17) is 5.11 Å². The molecule has 1 heterocycles. The second-order valence-corrected chi connectivity index (χ2v) is 4.23. The number of carbonyl (C=O) groups is 1. The minimum atomic E-state index is -1.06. The largest absolute Gasteiger partial charge is 0.476 e. The molecule has 0 aromatic carbocycles. The second-order valence-electron chi connectivity index (χ2n) is 4.23. The van der Waals surface area contributed by atoms with Gasteiger partial charge in [-0.25, -0.2) is 14.8 Å². The molecule has 0 spiro atoms. The van der Waals surface area contributed by atoms with Crippen molar-refractivity contribution in [2.45, 2.75) is 18.9 Å². The summed E-state index contributed by atoms with van der Waals surface area (Å²) in [6.07, 6.45) is 5.29. The Labute approximate surface area is 99.7 Å². The first kappa shape index (κ1) is 11.8. The molecule has 0 atom stereocenters. The maximum absolute atomic E-state index is 10.6. The van der Waals surface area contributed by atoms with Gasteiger partial charge in [0.05, 0.1) is 12.4 Å². The molecular weight excluding hydrogens is 220 g/mol. The van der Waals surface area contributed by atoms with Crippen LogP contribution in [-0.4, -0.2) is 52.1 Å². The fourth-order valence-corrected chi connectivity index (χ4v) is 1.59. The van der Waals surface area contributed by atoms with E-state index in [1.165, 1.54) is 25.2 Å². The highest BCUT2D eigenvalue weighted by Crippen LogP contribution is 2.24. The highest BCUT2D eigenvalue weighted by Gasteiger charge is 2.25. The quantitative estimate of drug-likeness (QED) is 0.756. The Kier molecular flexibility index (Phi) is 3.53. The van der Waals surface area contributed by atoms with Crippen molar-refractivity contribution in [3.05, 3.63) is 18.1 Å². The third kappa shape index (κ3) is 3.39. The number of carboxylic acids is 1. The summed E-state index contributed by atoms with van der Waals surface area (Å²) < 4.78 is 0. The minimum Gasteiger partial charge on any atom is -0.476 e. The molecule has 1 aromatic heterocycles. The molecule has 1 aliphatic carbocycles. The van der Waals surface area contributed by atoms with Crippen LogP contribution < -0.4 is 5.32 Å².